The van der Waals surface area contributed by atoms with E-state index in [-0.39, 0.29) is 12.5 Å². The van der Waals surface area contributed by atoms with Crippen molar-refractivity contribution in [1.29, 1.82) is 0 Å². The van der Waals surface area contributed by atoms with Gasteiger partial charge in [0, 0.05) is 0 Å². The van der Waals surface area contributed by atoms with Crippen molar-refractivity contribution in [3.63, 3.8) is 0 Å². The average molecular weight is 377 g/mol. The first-order valence-electron chi connectivity index (χ1n) is 8.64. The first-order chi connectivity index (χ1) is 13.1. The smallest absolute Gasteiger partial charge is 0.250 e. The quantitative estimate of drug-likeness (QED) is 0.531. The van der Waals surface area contributed by atoms with E-state index in [0.29, 0.717) is 11.7 Å². The molecule has 0 bridgehead atoms. The molecule has 2 aromatic carbocycles. The molecule has 0 atom stereocenters. The van der Waals surface area contributed by atoms with E-state index in [2.05, 4.69) is 36.1 Å². The van der Waals surface area contributed by atoms with Crippen LogP contribution in [0.25, 0.3) is 10.2 Å². The van der Waals surface area contributed by atoms with Gasteiger partial charge in [0.15, 0.2) is 5.13 Å². The zero-order valence-electron chi connectivity index (χ0n) is 15.2. The molecule has 0 fully saturated rings. The lowest BCUT2D eigenvalue weighted by Crippen LogP contribution is -2.33. The Morgan fingerprint density at radius 2 is 2.00 bits per heavy atom. The van der Waals surface area contributed by atoms with Crippen LogP contribution in [0.1, 0.15) is 16.7 Å². The Kier molecular flexibility index (Phi) is 4.68. The first kappa shape index (κ1) is 17.4. The van der Waals surface area contributed by atoms with Gasteiger partial charge in [-0.25, -0.2) is 14.6 Å². The number of carbonyl (C=O) groups excluding carboxylic acids is 1. The van der Waals surface area contributed by atoms with Gasteiger partial charge in [-0.1, -0.05) is 47.7 Å². The molecule has 0 aliphatic rings. The molecule has 0 saturated carbocycles. The van der Waals surface area contributed by atoms with Gasteiger partial charge in [-0.3, -0.25) is 9.69 Å². The van der Waals surface area contributed by atoms with Crippen molar-refractivity contribution in [2.45, 2.75) is 26.9 Å². The number of benzene rings is 2. The SMILES string of the molecule is Cc1cc(C)c2nc(N(Cc3ccccc3)C(=O)Cn3cncn3)sc2c1. The van der Waals surface area contributed by atoms with E-state index in [1.165, 1.54) is 16.6 Å². The van der Waals surface area contributed by atoms with E-state index in [1.807, 2.05) is 30.3 Å². The van der Waals surface area contributed by atoms with Gasteiger partial charge in [0.25, 0.3) is 5.91 Å². The Bertz CT molecular complexity index is 1070. The molecule has 0 aliphatic heterocycles. The maximum Gasteiger partial charge on any atom is 0.250 e. The Labute approximate surface area is 161 Å². The monoisotopic (exact) mass is 377 g/mol. The van der Waals surface area contributed by atoms with E-state index in [9.17, 15) is 4.79 Å². The number of anilines is 1. The number of amides is 1. The minimum Gasteiger partial charge on any atom is -0.282 e. The lowest BCUT2D eigenvalue weighted by atomic mass is 10.1. The molecular weight excluding hydrogens is 358 g/mol. The molecule has 2 heterocycles. The maximum absolute atomic E-state index is 13.0. The summed E-state index contributed by atoms with van der Waals surface area (Å²) < 4.78 is 2.62. The topological polar surface area (TPSA) is 63.9 Å². The number of aromatic nitrogens is 4. The molecule has 0 spiro atoms. The van der Waals surface area contributed by atoms with Gasteiger partial charge in [-0.05, 0) is 36.6 Å². The molecule has 0 unspecified atom stereocenters. The highest BCUT2D eigenvalue weighted by Crippen LogP contribution is 2.32. The van der Waals surface area contributed by atoms with Crippen molar-refractivity contribution in [3.8, 4) is 0 Å². The molecule has 0 aliphatic carbocycles. The minimum atomic E-state index is -0.0715. The number of rotatable bonds is 5. The van der Waals surface area contributed by atoms with E-state index in [0.717, 1.165) is 21.3 Å². The maximum atomic E-state index is 13.0. The lowest BCUT2D eigenvalue weighted by molar-refractivity contribution is -0.119. The third-order valence-electron chi connectivity index (χ3n) is 4.30. The standard InChI is InChI=1S/C20H19N5OS/c1-14-8-15(2)19-17(9-14)27-20(23-19)25(10-16-6-4-3-5-7-16)18(26)11-24-13-21-12-22-24/h3-9,12-13H,10-11H2,1-2H3. The fraction of sp³-hybridized carbons (Fsp3) is 0.200. The average Bonchev–Trinajstić information content (AvgIpc) is 3.30. The second-order valence-electron chi connectivity index (χ2n) is 6.48. The van der Waals surface area contributed by atoms with Gasteiger partial charge in [0.2, 0.25) is 0 Å². The summed E-state index contributed by atoms with van der Waals surface area (Å²) >= 11 is 1.54. The summed E-state index contributed by atoms with van der Waals surface area (Å²) in [7, 11) is 0. The number of aryl methyl sites for hydroxylation is 2. The molecule has 0 saturated heterocycles. The van der Waals surface area contributed by atoms with Gasteiger partial charge < -0.3 is 0 Å². The van der Waals surface area contributed by atoms with Crippen LogP contribution in [0.5, 0.6) is 0 Å². The summed E-state index contributed by atoms with van der Waals surface area (Å²) in [6.45, 7) is 4.72. The number of hydrogen-bond donors (Lipinski definition) is 0. The van der Waals surface area contributed by atoms with Crippen LogP contribution in [0.3, 0.4) is 0 Å². The van der Waals surface area contributed by atoms with E-state index >= 15 is 0 Å². The second-order valence-corrected chi connectivity index (χ2v) is 7.49. The highest BCUT2D eigenvalue weighted by molar-refractivity contribution is 7.22. The predicted molar refractivity (Wildman–Crippen MR) is 107 cm³/mol. The van der Waals surface area contributed by atoms with Crippen molar-refractivity contribution < 1.29 is 4.79 Å². The minimum absolute atomic E-state index is 0.0715. The Hall–Kier alpha value is -3.06. The number of thiazole rings is 1. The van der Waals surface area contributed by atoms with Crippen molar-refractivity contribution in [2.24, 2.45) is 0 Å². The summed E-state index contributed by atoms with van der Waals surface area (Å²) in [5.41, 5.74) is 4.32. The summed E-state index contributed by atoms with van der Waals surface area (Å²) in [6.07, 6.45) is 2.98. The van der Waals surface area contributed by atoms with Crippen molar-refractivity contribution in [2.75, 3.05) is 4.90 Å². The van der Waals surface area contributed by atoms with Gasteiger partial charge in [0.1, 0.15) is 19.2 Å². The van der Waals surface area contributed by atoms with Crippen LogP contribution in [0.4, 0.5) is 5.13 Å². The van der Waals surface area contributed by atoms with Crippen LogP contribution < -0.4 is 4.90 Å². The molecule has 1 amide bonds. The van der Waals surface area contributed by atoms with E-state index in [1.54, 1.807) is 22.6 Å². The number of nitrogens with zero attached hydrogens (tertiary/aromatic N) is 5. The number of fused-ring (bicyclic) bond motifs is 1. The highest BCUT2D eigenvalue weighted by atomic mass is 32.1. The highest BCUT2D eigenvalue weighted by Gasteiger charge is 2.21. The number of carbonyl (C=O) groups is 1. The first-order valence-corrected chi connectivity index (χ1v) is 9.46. The normalized spacial score (nSPS) is 11.0. The molecule has 0 N–H and O–H groups in total. The Balaban J connectivity index is 1.72. The van der Waals surface area contributed by atoms with Crippen LogP contribution in [-0.2, 0) is 17.9 Å². The molecule has 136 valence electrons. The van der Waals surface area contributed by atoms with Crippen LogP contribution in [0.15, 0.2) is 55.1 Å². The van der Waals surface area contributed by atoms with Crippen LogP contribution in [-0.4, -0.2) is 25.7 Å². The third-order valence-corrected chi connectivity index (χ3v) is 5.32. The van der Waals surface area contributed by atoms with Gasteiger partial charge >= 0.3 is 0 Å². The van der Waals surface area contributed by atoms with Crippen molar-refractivity contribution >= 4 is 32.6 Å². The van der Waals surface area contributed by atoms with E-state index in [4.69, 9.17) is 4.98 Å². The Morgan fingerprint density at radius 3 is 2.74 bits per heavy atom. The zero-order valence-corrected chi connectivity index (χ0v) is 16.0. The zero-order chi connectivity index (χ0) is 18.8. The fourth-order valence-corrected chi connectivity index (χ4v) is 4.20. The molecule has 4 rings (SSSR count). The second kappa shape index (κ2) is 7.28. The summed E-state index contributed by atoms with van der Waals surface area (Å²) in [5.74, 6) is -0.0715. The molecule has 7 heteroatoms. The molecule has 0 radical (unpaired) electrons. The predicted octanol–water partition coefficient (Wildman–Crippen LogP) is 3.74. The molecule has 27 heavy (non-hydrogen) atoms. The van der Waals surface area contributed by atoms with Crippen molar-refractivity contribution in [3.05, 3.63) is 71.8 Å². The third kappa shape index (κ3) is 3.73. The lowest BCUT2D eigenvalue weighted by Gasteiger charge is -2.20. The number of hydrogen-bond acceptors (Lipinski definition) is 5. The van der Waals surface area contributed by atoms with E-state index < -0.39 is 0 Å². The molecular formula is C20H19N5OS. The largest absolute Gasteiger partial charge is 0.282 e. The van der Waals surface area contributed by atoms with Crippen LogP contribution in [0, 0.1) is 13.8 Å². The van der Waals surface area contributed by atoms with Crippen LogP contribution >= 0.6 is 11.3 Å². The molecule has 2 aromatic heterocycles. The molecule has 4 aromatic rings. The summed E-state index contributed by atoms with van der Waals surface area (Å²) in [6, 6.07) is 14.2. The summed E-state index contributed by atoms with van der Waals surface area (Å²) in [4.78, 5) is 23.5. The van der Waals surface area contributed by atoms with Gasteiger partial charge in [-0.15, -0.1) is 0 Å². The Morgan fingerprint density at radius 1 is 1.19 bits per heavy atom. The van der Waals surface area contributed by atoms with Crippen molar-refractivity contribution in [1.82, 2.24) is 19.7 Å². The molecule has 6 nitrogen and oxygen atoms in total. The summed E-state index contributed by atoms with van der Waals surface area (Å²) in [5, 5.41) is 4.75. The van der Waals surface area contributed by atoms with Crippen LogP contribution in [0.2, 0.25) is 0 Å². The van der Waals surface area contributed by atoms with Gasteiger partial charge in [-0.2, -0.15) is 5.10 Å². The fourth-order valence-electron chi connectivity index (χ4n) is 3.04. The van der Waals surface area contributed by atoms with Gasteiger partial charge in [0.05, 0.1) is 16.8 Å².